The maximum Gasteiger partial charge on any atom is 0.110 e. The molecule has 0 atom stereocenters. The van der Waals surface area contributed by atoms with Gasteiger partial charge in [0, 0.05) is 12.3 Å². The zero-order chi connectivity index (χ0) is 7.68. The molecule has 0 aromatic carbocycles. The maximum atomic E-state index is 8.61. The predicted molar refractivity (Wildman–Crippen MR) is 48.2 cm³/mol. The van der Waals surface area contributed by atoms with Crippen LogP contribution in [0.3, 0.4) is 0 Å². The van der Waals surface area contributed by atoms with Crippen molar-refractivity contribution in [1.29, 1.82) is 5.26 Å². The lowest BCUT2D eigenvalue weighted by atomic mass is 10.4. The monoisotopic (exact) mass is 182 g/mol. The van der Waals surface area contributed by atoms with Gasteiger partial charge in [-0.3, -0.25) is 0 Å². The summed E-state index contributed by atoms with van der Waals surface area (Å²) in [5, 5.41) is 11.9. The second-order valence-electron chi connectivity index (χ2n) is 2.20. The van der Waals surface area contributed by atoms with E-state index in [9.17, 15) is 0 Å². The summed E-state index contributed by atoms with van der Waals surface area (Å²) in [6.45, 7) is 1.01. The molecule has 0 fully saturated rings. The van der Waals surface area contributed by atoms with Crippen LogP contribution in [0.2, 0.25) is 0 Å². The number of thioether (sulfide) groups is 1. The molecule has 11 heavy (non-hydrogen) atoms. The van der Waals surface area contributed by atoms with Gasteiger partial charge in [-0.2, -0.15) is 5.26 Å². The molecule has 0 aliphatic carbocycles. The smallest absolute Gasteiger partial charge is 0.110 e. The van der Waals surface area contributed by atoms with Gasteiger partial charge in [-0.25, -0.2) is 0 Å². The fourth-order valence-corrected chi connectivity index (χ4v) is 3.08. The summed E-state index contributed by atoms with van der Waals surface area (Å²) in [6, 6.07) is 4.07. The molecule has 0 radical (unpaired) electrons. The molecule has 4 heteroatoms. The Morgan fingerprint density at radius 1 is 1.64 bits per heavy atom. The topological polar surface area (TPSA) is 35.8 Å². The van der Waals surface area contributed by atoms with Gasteiger partial charge in [-0.1, -0.05) is 0 Å². The first-order chi connectivity index (χ1) is 5.40. The van der Waals surface area contributed by atoms with Gasteiger partial charge < -0.3 is 5.32 Å². The Morgan fingerprint density at radius 2 is 2.55 bits per heavy atom. The molecule has 1 aliphatic heterocycles. The van der Waals surface area contributed by atoms with E-state index >= 15 is 0 Å². The Labute approximate surface area is 73.2 Å². The van der Waals surface area contributed by atoms with E-state index < -0.39 is 0 Å². The number of hydrogen-bond acceptors (Lipinski definition) is 4. The Balaban J connectivity index is 2.42. The summed E-state index contributed by atoms with van der Waals surface area (Å²) >= 11 is 3.40. The lowest BCUT2D eigenvalue weighted by Crippen LogP contribution is -2.07. The first-order valence-electron chi connectivity index (χ1n) is 3.31. The molecule has 0 saturated heterocycles. The van der Waals surface area contributed by atoms with Crippen LogP contribution in [0.4, 0.5) is 5.69 Å². The van der Waals surface area contributed by atoms with Crippen molar-refractivity contribution in [1.82, 2.24) is 0 Å². The Morgan fingerprint density at radius 3 is 3.27 bits per heavy atom. The number of hydrogen-bond donors (Lipinski definition) is 1. The minimum atomic E-state index is 0.803. The number of nitrogens with one attached hydrogen (secondary N) is 1. The van der Waals surface area contributed by atoms with E-state index in [-0.39, 0.29) is 0 Å². The average molecular weight is 182 g/mol. The van der Waals surface area contributed by atoms with E-state index in [1.54, 1.807) is 11.3 Å². The van der Waals surface area contributed by atoms with Crippen LogP contribution in [0.1, 0.15) is 4.88 Å². The highest BCUT2D eigenvalue weighted by Crippen LogP contribution is 2.38. The van der Waals surface area contributed by atoms with E-state index in [4.69, 9.17) is 5.26 Å². The fraction of sp³-hybridized carbons (Fsp3) is 0.286. The molecule has 0 bridgehead atoms. The van der Waals surface area contributed by atoms with Crippen LogP contribution in [0, 0.1) is 11.3 Å². The molecular weight excluding hydrogens is 176 g/mol. The number of anilines is 1. The SMILES string of the molecule is N#Cc1cc2c(s1)SCCN2. The van der Waals surface area contributed by atoms with E-state index in [1.165, 1.54) is 4.21 Å². The molecule has 2 heterocycles. The maximum absolute atomic E-state index is 8.61. The van der Waals surface area contributed by atoms with Crippen molar-refractivity contribution in [3.63, 3.8) is 0 Å². The number of thiophene rings is 1. The van der Waals surface area contributed by atoms with Gasteiger partial charge in [0.05, 0.1) is 9.90 Å². The van der Waals surface area contributed by atoms with Gasteiger partial charge in [-0.05, 0) is 6.07 Å². The molecule has 2 rings (SSSR count). The third-order valence-electron chi connectivity index (χ3n) is 1.46. The molecular formula is C7H6N2S2. The Kier molecular flexibility index (Phi) is 1.76. The first-order valence-corrected chi connectivity index (χ1v) is 5.11. The standard InChI is InChI=1S/C7H6N2S2/c8-4-5-3-6-7(11-5)10-2-1-9-6/h3,9H,1-2H2. The minimum absolute atomic E-state index is 0.803. The van der Waals surface area contributed by atoms with Crippen LogP contribution in [0.15, 0.2) is 10.3 Å². The number of nitrogens with zero attached hydrogens (tertiary/aromatic N) is 1. The largest absolute Gasteiger partial charge is 0.383 e. The van der Waals surface area contributed by atoms with Crippen LogP contribution in [-0.2, 0) is 0 Å². The number of fused-ring (bicyclic) bond motifs is 1. The van der Waals surface area contributed by atoms with Gasteiger partial charge in [0.15, 0.2) is 0 Å². The van der Waals surface area contributed by atoms with Crippen LogP contribution >= 0.6 is 23.1 Å². The van der Waals surface area contributed by atoms with Gasteiger partial charge in [-0.15, -0.1) is 23.1 Å². The summed E-state index contributed by atoms with van der Waals surface area (Å²) in [5.41, 5.74) is 1.14. The van der Waals surface area contributed by atoms with Crippen molar-refractivity contribution in [2.45, 2.75) is 4.21 Å². The van der Waals surface area contributed by atoms with Gasteiger partial charge in [0.1, 0.15) is 10.9 Å². The van der Waals surface area contributed by atoms with E-state index in [2.05, 4.69) is 11.4 Å². The van der Waals surface area contributed by atoms with Crippen molar-refractivity contribution in [3.8, 4) is 6.07 Å². The number of rotatable bonds is 0. The molecule has 0 unspecified atom stereocenters. The molecule has 1 aliphatic rings. The van der Waals surface area contributed by atoms with E-state index in [0.717, 1.165) is 22.9 Å². The van der Waals surface area contributed by atoms with E-state index in [1.807, 2.05) is 17.8 Å². The molecule has 0 saturated carbocycles. The number of nitriles is 1. The lowest BCUT2D eigenvalue weighted by molar-refractivity contribution is 1.20. The molecule has 1 aromatic rings. The highest BCUT2D eigenvalue weighted by molar-refractivity contribution is 8.01. The predicted octanol–water partition coefficient (Wildman–Crippen LogP) is 2.14. The van der Waals surface area contributed by atoms with Crippen molar-refractivity contribution in [3.05, 3.63) is 10.9 Å². The summed E-state index contributed by atoms with van der Waals surface area (Å²) in [7, 11) is 0. The minimum Gasteiger partial charge on any atom is -0.383 e. The van der Waals surface area contributed by atoms with Crippen LogP contribution in [-0.4, -0.2) is 12.3 Å². The second-order valence-corrected chi connectivity index (χ2v) is 4.61. The van der Waals surface area contributed by atoms with Gasteiger partial charge in [0.2, 0.25) is 0 Å². The Hall–Kier alpha value is -0.660. The lowest BCUT2D eigenvalue weighted by Gasteiger charge is -2.11. The molecule has 56 valence electrons. The molecule has 0 amide bonds. The Bertz CT molecular complexity index is 287. The summed E-state index contributed by atoms with van der Waals surface area (Å²) < 4.78 is 1.26. The van der Waals surface area contributed by atoms with Crippen molar-refractivity contribution in [2.24, 2.45) is 0 Å². The van der Waals surface area contributed by atoms with Crippen molar-refractivity contribution < 1.29 is 0 Å². The van der Waals surface area contributed by atoms with Crippen LogP contribution in [0.25, 0.3) is 0 Å². The molecule has 0 spiro atoms. The summed E-state index contributed by atoms with van der Waals surface area (Å²) in [4.78, 5) is 0.803. The average Bonchev–Trinajstić information content (AvgIpc) is 2.46. The van der Waals surface area contributed by atoms with Crippen LogP contribution < -0.4 is 5.32 Å². The molecule has 1 N–H and O–H groups in total. The summed E-state index contributed by atoms with van der Waals surface area (Å²) in [6.07, 6.45) is 0. The highest BCUT2D eigenvalue weighted by atomic mass is 32.2. The molecule has 1 aromatic heterocycles. The second kappa shape index (κ2) is 2.76. The zero-order valence-electron chi connectivity index (χ0n) is 5.76. The van der Waals surface area contributed by atoms with Crippen molar-refractivity contribution >= 4 is 28.8 Å². The van der Waals surface area contributed by atoms with Gasteiger partial charge >= 0.3 is 0 Å². The summed E-state index contributed by atoms with van der Waals surface area (Å²) in [5.74, 6) is 1.11. The highest BCUT2D eigenvalue weighted by Gasteiger charge is 2.12. The quantitative estimate of drug-likeness (QED) is 0.667. The first kappa shape index (κ1) is 7.01. The zero-order valence-corrected chi connectivity index (χ0v) is 7.39. The van der Waals surface area contributed by atoms with Crippen LogP contribution in [0.5, 0.6) is 0 Å². The van der Waals surface area contributed by atoms with E-state index in [0.29, 0.717) is 0 Å². The fourth-order valence-electron chi connectivity index (χ4n) is 0.989. The van der Waals surface area contributed by atoms with Crippen molar-refractivity contribution in [2.75, 3.05) is 17.6 Å². The van der Waals surface area contributed by atoms with Gasteiger partial charge in [0.25, 0.3) is 0 Å². The normalized spacial score (nSPS) is 14.8. The third-order valence-corrected chi connectivity index (χ3v) is 3.79. The molecule has 2 nitrogen and oxygen atoms in total. The third kappa shape index (κ3) is 1.22.